The first-order valence-electron chi connectivity index (χ1n) is 12.1. The number of H-pyrrole nitrogens is 1. The van der Waals surface area contributed by atoms with E-state index < -0.39 is 0 Å². The van der Waals surface area contributed by atoms with Gasteiger partial charge in [-0.05, 0) is 57.2 Å². The van der Waals surface area contributed by atoms with Crippen LogP contribution in [0.1, 0.15) is 26.7 Å². The van der Waals surface area contributed by atoms with E-state index in [1.807, 2.05) is 50.4 Å². The molecule has 0 radical (unpaired) electrons. The Morgan fingerprint density at radius 1 is 1.08 bits per heavy atom. The van der Waals surface area contributed by atoms with E-state index in [2.05, 4.69) is 42.6 Å². The second-order valence-electron chi connectivity index (χ2n) is 9.01. The van der Waals surface area contributed by atoms with Crippen LogP contribution in [0.25, 0.3) is 11.2 Å². The molecule has 5 rings (SSSR count). The lowest BCUT2D eigenvalue weighted by atomic mass is 10.1. The molecule has 36 heavy (non-hydrogen) atoms. The maximum absolute atomic E-state index is 9.87. The van der Waals surface area contributed by atoms with Crippen molar-refractivity contribution in [2.24, 2.45) is 0 Å². The van der Waals surface area contributed by atoms with Gasteiger partial charge in [0.25, 0.3) is 0 Å². The summed E-state index contributed by atoms with van der Waals surface area (Å²) < 4.78 is 6.17. The number of nitrogens with one attached hydrogen (secondary N) is 3. The van der Waals surface area contributed by atoms with E-state index in [9.17, 15) is 5.11 Å². The largest absolute Gasteiger partial charge is 0.489 e. The zero-order valence-electron chi connectivity index (χ0n) is 20.7. The highest BCUT2D eigenvalue weighted by Gasteiger charge is 2.20. The van der Waals surface area contributed by atoms with Gasteiger partial charge in [0, 0.05) is 29.7 Å². The lowest BCUT2D eigenvalue weighted by Gasteiger charge is -2.32. The molecule has 1 saturated heterocycles. The summed E-state index contributed by atoms with van der Waals surface area (Å²) >= 11 is 1.67. The van der Waals surface area contributed by atoms with Gasteiger partial charge in [-0.25, -0.2) is 4.98 Å². The van der Waals surface area contributed by atoms with Crippen LogP contribution in [0, 0.1) is 0 Å². The summed E-state index contributed by atoms with van der Waals surface area (Å²) in [5.41, 5.74) is 4.10. The zero-order chi connectivity index (χ0) is 25.1. The van der Waals surface area contributed by atoms with Crippen LogP contribution < -0.4 is 20.3 Å². The molecule has 4 aromatic rings. The number of ether oxygens (including phenoxy) is 1. The molecule has 3 heterocycles. The van der Waals surface area contributed by atoms with E-state index in [1.165, 1.54) is 0 Å². The number of hydrogen-bond acceptors (Lipinski definition) is 9. The molecule has 0 spiro atoms. The van der Waals surface area contributed by atoms with Gasteiger partial charge in [0.1, 0.15) is 5.75 Å². The van der Waals surface area contributed by atoms with Gasteiger partial charge in [-0.3, -0.25) is 0 Å². The third kappa shape index (κ3) is 5.34. The number of benzene rings is 2. The van der Waals surface area contributed by atoms with Crippen LogP contribution in [-0.2, 0) is 0 Å². The molecule has 1 aliphatic heterocycles. The Hall–Kier alpha value is -3.50. The summed E-state index contributed by atoms with van der Waals surface area (Å²) in [6.07, 6.45) is 4.99. The number of para-hydroxylation sites is 1. The monoisotopic (exact) mass is 505 g/mol. The van der Waals surface area contributed by atoms with Gasteiger partial charge in [0.2, 0.25) is 5.95 Å². The van der Waals surface area contributed by atoms with E-state index >= 15 is 0 Å². The molecule has 0 atom stereocenters. The van der Waals surface area contributed by atoms with Crippen molar-refractivity contribution < 1.29 is 9.84 Å². The highest BCUT2D eigenvalue weighted by atomic mass is 32.2. The molecule has 188 valence electrons. The van der Waals surface area contributed by atoms with E-state index in [0.29, 0.717) is 22.9 Å². The van der Waals surface area contributed by atoms with Crippen LogP contribution in [0.5, 0.6) is 5.75 Å². The van der Waals surface area contributed by atoms with Crippen molar-refractivity contribution in [2.45, 2.75) is 43.8 Å². The van der Waals surface area contributed by atoms with Crippen LogP contribution in [0.2, 0.25) is 0 Å². The van der Waals surface area contributed by atoms with Crippen molar-refractivity contribution in [1.82, 2.24) is 19.9 Å². The maximum Gasteiger partial charge on any atom is 0.231 e. The molecule has 0 aliphatic carbocycles. The number of anilines is 5. The lowest BCUT2D eigenvalue weighted by Crippen LogP contribution is -2.35. The molecule has 0 unspecified atom stereocenters. The van der Waals surface area contributed by atoms with Crippen molar-refractivity contribution in [3.63, 3.8) is 0 Å². The minimum atomic E-state index is -0.214. The molecule has 9 nitrogen and oxygen atoms in total. The number of aliphatic hydroxyl groups excluding tert-OH is 1. The lowest BCUT2D eigenvalue weighted by molar-refractivity contribution is 0.145. The first-order valence-corrected chi connectivity index (χ1v) is 13.3. The molecule has 0 bridgehead atoms. The number of hydrogen-bond donors (Lipinski definition) is 4. The quantitative estimate of drug-likeness (QED) is 0.237. The first kappa shape index (κ1) is 24.2. The predicted octanol–water partition coefficient (Wildman–Crippen LogP) is 5.31. The Bertz CT molecular complexity index is 1340. The fourth-order valence-electron chi connectivity index (χ4n) is 4.26. The fourth-order valence-corrected chi connectivity index (χ4v) is 4.81. The number of aromatic amines is 1. The van der Waals surface area contributed by atoms with Crippen molar-refractivity contribution in [3.8, 4) is 5.75 Å². The van der Waals surface area contributed by atoms with Crippen molar-refractivity contribution in [3.05, 3.63) is 48.8 Å². The Kier molecular flexibility index (Phi) is 7.15. The highest BCUT2D eigenvalue weighted by Crippen LogP contribution is 2.35. The summed E-state index contributed by atoms with van der Waals surface area (Å²) in [7, 11) is 0. The third-order valence-corrected chi connectivity index (χ3v) is 6.84. The second kappa shape index (κ2) is 10.6. The van der Waals surface area contributed by atoms with Gasteiger partial charge < -0.3 is 30.4 Å². The van der Waals surface area contributed by atoms with E-state index in [0.717, 1.165) is 53.6 Å². The molecule has 2 aromatic heterocycles. The summed E-state index contributed by atoms with van der Waals surface area (Å²) in [4.78, 5) is 20.3. The van der Waals surface area contributed by atoms with Gasteiger partial charge >= 0.3 is 0 Å². The maximum atomic E-state index is 9.87. The summed E-state index contributed by atoms with van der Waals surface area (Å²) in [5, 5.41) is 16.7. The van der Waals surface area contributed by atoms with Crippen LogP contribution in [0.3, 0.4) is 0 Å². The normalized spacial score (nSPS) is 14.4. The molecule has 10 heteroatoms. The minimum Gasteiger partial charge on any atom is -0.489 e. The Morgan fingerprint density at radius 3 is 2.67 bits per heavy atom. The third-order valence-electron chi connectivity index (χ3n) is 6.04. The number of rotatable bonds is 8. The molecule has 0 saturated carbocycles. The minimum absolute atomic E-state index is 0.000238. The number of thioether (sulfide) groups is 1. The second-order valence-corrected chi connectivity index (χ2v) is 9.86. The smallest absolute Gasteiger partial charge is 0.231 e. The first-order chi connectivity index (χ1) is 17.5. The molecule has 0 amide bonds. The molecule has 2 aromatic carbocycles. The number of piperidine rings is 1. The van der Waals surface area contributed by atoms with Gasteiger partial charge in [0.05, 0.1) is 29.9 Å². The van der Waals surface area contributed by atoms with Gasteiger partial charge in [0.15, 0.2) is 17.0 Å². The highest BCUT2D eigenvalue weighted by molar-refractivity contribution is 7.98. The molecule has 4 N–H and O–H groups in total. The Labute approximate surface area is 214 Å². The predicted molar refractivity (Wildman–Crippen MR) is 146 cm³/mol. The topological polar surface area (TPSA) is 111 Å². The van der Waals surface area contributed by atoms with Crippen LogP contribution in [0.15, 0.2) is 53.7 Å². The fraction of sp³-hybridized carbons (Fsp3) is 0.346. The average molecular weight is 506 g/mol. The number of fused-ring (bicyclic) bond motifs is 1. The van der Waals surface area contributed by atoms with Gasteiger partial charge in [-0.2, -0.15) is 9.97 Å². The molecular weight excluding hydrogens is 474 g/mol. The van der Waals surface area contributed by atoms with Crippen LogP contribution in [-0.4, -0.2) is 56.6 Å². The van der Waals surface area contributed by atoms with E-state index in [4.69, 9.17) is 9.72 Å². The number of nitrogens with zero attached hydrogens (tertiary/aromatic N) is 4. The molecule has 1 fully saturated rings. The van der Waals surface area contributed by atoms with Gasteiger partial charge in [-0.15, -0.1) is 11.8 Å². The number of imidazole rings is 1. The summed E-state index contributed by atoms with van der Waals surface area (Å²) in [5.74, 6) is 1.77. The number of aromatic nitrogens is 4. The SMILES string of the molecule is CSc1ccccc1Nc1nc(Nc2ccc(N3CCC(O)CC3)cc2OC(C)C)nc2[nH]cnc12. The summed E-state index contributed by atoms with van der Waals surface area (Å²) in [6.45, 7) is 5.65. The Balaban J connectivity index is 1.46. The van der Waals surface area contributed by atoms with Gasteiger partial charge in [-0.1, -0.05) is 12.1 Å². The zero-order valence-corrected chi connectivity index (χ0v) is 21.5. The molecule has 1 aliphatic rings. The molecular formula is C26H31N7O2S. The van der Waals surface area contributed by atoms with Crippen molar-refractivity contribution in [2.75, 3.05) is 34.9 Å². The van der Waals surface area contributed by atoms with E-state index in [-0.39, 0.29) is 12.2 Å². The van der Waals surface area contributed by atoms with Crippen molar-refractivity contribution >= 4 is 51.8 Å². The number of aliphatic hydroxyl groups is 1. The van der Waals surface area contributed by atoms with Crippen LogP contribution >= 0.6 is 11.8 Å². The average Bonchev–Trinajstić information content (AvgIpc) is 3.35. The summed E-state index contributed by atoms with van der Waals surface area (Å²) in [6, 6.07) is 14.2. The van der Waals surface area contributed by atoms with E-state index in [1.54, 1.807) is 18.1 Å². The van der Waals surface area contributed by atoms with Crippen LogP contribution in [0.4, 0.5) is 28.8 Å². The Morgan fingerprint density at radius 2 is 1.89 bits per heavy atom. The standard InChI is InChI=1S/C26H31N7O2S/c1-16(2)35-21-14-17(33-12-10-18(34)11-13-33)8-9-19(21)30-26-31-24-23(27-15-28-24)25(32-26)29-20-6-4-5-7-22(20)36-3/h4-9,14-16,18,34H,10-13H2,1-3H3,(H3,27,28,29,30,31,32). The van der Waals surface area contributed by atoms with Crippen molar-refractivity contribution in [1.29, 1.82) is 0 Å².